The van der Waals surface area contributed by atoms with E-state index in [4.69, 9.17) is 10.5 Å². The molecule has 0 heterocycles. The van der Waals surface area contributed by atoms with Gasteiger partial charge in [0.1, 0.15) is 17.4 Å². The highest BCUT2D eigenvalue weighted by Gasteiger charge is 2.15. The fourth-order valence-corrected chi connectivity index (χ4v) is 1.54. The Balaban J connectivity index is 2.63. The van der Waals surface area contributed by atoms with Crippen molar-refractivity contribution in [3.8, 4) is 5.75 Å². The lowest BCUT2D eigenvalue weighted by Crippen LogP contribution is -2.33. The van der Waals surface area contributed by atoms with E-state index in [0.717, 1.165) is 11.3 Å². The third-order valence-electron chi connectivity index (χ3n) is 2.31. The summed E-state index contributed by atoms with van der Waals surface area (Å²) in [6.07, 6.45) is 0.461. The van der Waals surface area contributed by atoms with Gasteiger partial charge in [-0.3, -0.25) is 4.79 Å². The van der Waals surface area contributed by atoms with Crippen molar-refractivity contribution in [2.24, 2.45) is 5.73 Å². The Morgan fingerprint density at radius 1 is 1.28 bits per heavy atom. The molecule has 0 radical (unpaired) electrons. The van der Waals surface area contributed by atoms with Crippen LogP contribution in [-0.4, -0.2) is 24.7 Å². The monoisotopic (exact) mass is 251 g/mol. The van der Waals surface area contributed by atoms with Gasteiger partial charge in [-0.2, -0.15) is 0 Å². The summed E-state index contributed by atoms with van der Waals surface area (Å²) in [7, 11) is 1.34. The van der Waals surface area contributed by atoms with Crippen LogP contribution in [0.3, 0.4) is 0 Å². The first kappa shape index (κ1) is 14.5. The molecule has 4 heteroatoms. The molecular weight excluding hydrogens is 230 g/mol. The number of benzene rings is 1. The number of rotatable bonds is 4. The molecule has 1 aromatic carbocycles. The summed E-state index contributed by atoms with van der Waals surface area (Å²) >= 11 is 0. The van der Waals surface area contributed by atoms with E-state index in [1.807, 2.05) is 45.0 Å². The summed E-state index contributed by atoms with van der Waals surface area (Å²) in [5.41, 5.74) is 6.46. The number of nitrogens with two attached hydrogens (primary N) is 1. The van der Waals surface area contributed by atoms with Crippen molar-refractivity contribution in [2.45, 2.75) is 38.8 Å². The molecule has 0 saturated carbocycles. The van der Waals surface area contributed by atoms with Crippen LogP contribution in [0.15, 0.2) is 24.3 Å². The van der Waals surface area contributed by atoms with E-state index in [1.165, 1.54) is 7.11 Å². The maximum Gasteiger partial charge on any atom is 0.322 e. The number of ether oxygens (including phenoxy) is 2. The fraction of sp³-hybridized carbons (Fsp3) is 0.500. The number of hydrogen-bond donors (Lipinski definition) is 1. The zero-order valence-electron chi connectivity index (χ0n) is 11.4. The van der Waals surface area contributed by atoms with Gasteiger partial charge in [0, 0.05) is 0 Å². The van der Waals surface area contributed by atoms with E-state index in [9.17, 15) is 4.79 Å². The zero-order chi connectivity index (χ0) is 13.8. The van der Waals surface area contributed by atoms with Crippen LogP contribution in [0.2, 0.25) is 0 Å². The van der Waals surface area contributed by atoms with Gasteiger partial charge < -0.3 is 15.2 Å². The predicted octanol–water partition coefficient (Wildman–Crippen LogP) is 1.91. The first-order valence-electron chi connectivity index (χ1n) is 5.93. The molecule has 1 aromatic rings. The highest BCUT2D eigenvalue weighted by molar-refractivity contribution is 5.75. The molecule has 1 atom stereocenters. The van der Waals surface area contributed by atoms with Gasteiger partial charge >= 0.3 is 5.97 Å². The average Bonchev–Trinajstić information content (AvgIpc) is 2.28. The quantitative estimate of drug-likeness (QED) is 0.830. The maximum absolute atomic E-state index is 11.2. The summed E-state index contributed by atoms with van der Waals surface area (Å²) in [4.78, 5) is 11.2. The molecular formula is C14H21NO3. The minimum Gasteiger partial charge on any atom is -0.488 e. The Morgan fingerprint density at radius 3 is 2.28 bits per heavy atom. The molecule has 0 aliphatic carbocycles. The van der Waals surface area contributed by atoms with Gasteiger partial charge in [0.15, 0.2) is 0 Å². The van der Waals surface area contributed by atoms with Gasteiger partial charge in [-0.1, -0.05) is 12.1 Å². The number of carbonyl (C=O) groups is 1. The fourth-order valence-electron chi connectivity index (χ4n) is 1.54. The maximum atomic E-state index is 11.2. The summed E-state index contributed by atoms with van der Waals surface area (Å²) in [5, 5.41) is 0. The third-order valence-corrected chi connectivity index (χ3v) is 2.31. The molecule has 1 rings (SSSR count). The predicted molar refractivity (Wildman–Crippen MR) is 70.5 cm³/mol. The summed E-state index contributed by atoms with van der Waals surface area (Å²) in [6, 6.07) is 6.95. The van der Waals surface area contributed by atoms with E-state index in [-0.39, 0.29) is 5.60 Å². The lowest BCUT2D eigenvalue weighted by atomic mass is 10.1. The molecule has 0 aliphatic rings. The van der Waals surface area contributed by atoms with Crippen molar-refractivity contribution < 1.29 is 14.3 Å². The molecule has 0 aliphatic heterocycles. The van der Waals surface area contributed by atoms with E-state index >= 15 is 0 Å². The molecule has 0 spiro atoms. The van der Waals surface area contributed by atoms with Crippen LogP contribution in [0, 0.1) is 0 Å². The van der Waals surface area contributed by atoms with Crippen LogP contribution in [0.25, 0.3) is 0 Å². The summed E-state index contributed by atoms with van der Waals surface area (Å²) in [6.45, 7) is 5.98. The van der Waals surface area contributed by atoms with Crippen molar-refractivity contribution in [1.82, 2.24) is 0 Å². The minimum absolute atomic E-state index is 0.218. The van der Waals surface area contributed by atoms with Crippen molar-refractivity contribution in [3.05, 3.63) is 29.8 Å². The van der Waals surface area contributed by atoms with Gasteiger partial charge in [-0.25, -0.2) is 0 Å². The first-order valence-corrected chi connectivity index (χ1v) is 5.93. The lowest BCUT2D eigenvalue weighted by Gasteiger charge is -2.21. The van der Waals surface area contributed by atoms with Crippen LogP contribution >= 0.6 is 0 Å². The Bertz CT molecular complexity index is 392. The lowest BCUT2D eigenvalue weighted by molar-refractivity contribution is -0.142. The summed E-state index contributed by atoms with van der Waals surface area (Å²) in [5.74, 6) is 0.405. The zero-order valence-corrected chi connectivity index (χ0v) is 11.4. The van der Waals surface area contributed by atoms with E-state index < -0.39 is 12.0 Å². The molecule has 1 unspecified atom stereocenters. The number of carbonyl (C=O) groups excluding carboxylic acids is 1. The standard InChI is InChI=1S/C14H21NO3/c1-14(2,3)18-11-7-5-10(6-8-11)9-12(15)13(16)17-4/h5-8,12H,9,15H2,1-4H3. The Hall–Kier alpha value is -1.55. The van der Waals surface area contributed by atoms with Crippen LogP contribution in [-0.2, 0) is 16.0 Å². The van der Waals surface area contributed by atoms with Gasteiger partial charge in [0.2, 0.25) is 0 Å². The molecule has 18 heavy (non-hydrogen) atoms. The first-order chi connectivity index (χ1) is 8.31. The SMILES string of the molecule is COC(=O)C(N)Cc1ccc(OC(C)(C)C)cc1. The Labute approximate surface area is 108 Å². The normalized spacial score (nSPS) is 12.9. The van der Waals surface area contributed by atoms with Crippen LogP contribution in [0.4, 0.5) is 0 Å². The molecule has 0 bridgehead atoms. The molecule has 4 nitrogen and oxygen atoms in total. The topological polar surface area (TPSA) is 61.5 Å². The van der Waals surface area contributed by atoms with Gasteiger partial charge in [-0.15, -0.1) is 0 Å². The van der Waals surface area contributed by atoms with Crippen molar-refractivity contribution in [2.75, 3.05) is 7.11 Å². The van der Waals surface area contributed by atoms with E-state index in [1.54, 1.807) is 0 Å². The highest BCUT2D eigenvalue weighted by Crippen LogP contribution is 2.18. The smallest absolute Gasteiger partial charge is 0.322 e. The number of hydrogen-bond acceptors (Lipinski definition) is 4. The van der Waals surface area contributed by atoms with Gasteiger partial charge in [0.05, 0.1) is 7.11 Å². The second kappa shape index (κ2) is 5.87. The Kier molecular flexibility index (Phi) is 4.73. The highest BCUT2D eigenvalue weighted by atomic mass is 16.5. The van der Waals surface area contributed by atoms with Crippen LogP contribution in [0.5, 0.6) is 5.75 Å². The molecule has 0 amide bonds. The number of esters is 1. The Morgan fingerprint density at radius 2 is 1.83 bits per heavy atom. The molecule has 0 saturated heterocycles. The van der Waals surface area contributed by atoms with Gasteiger partial charge in [-0.05, 0) is 44.9 Å². The molecule has 0 aromatic heterocycles. The van der Waals surface area contributed by atoms with Gasteiger partial charge in [0.25, 0.3) is 0 Å². The van der Waals surface area contributed by atoms with E-state index in [0.29, 0.717) is 6.42 Å². The molecule has 2 N–H and O–H groups in total. The summed E-state index contributed by atoms with van der Waals surface area (Å²) < 4.78 is 10.3. The second-order valence-corrected chi connectivity index (χ2v) is 5.19. The minimum atomic E-state index is -0.621. The molecule has 100 valence electrons. The van der Waals surface area contributed by atoms with Crippen molar-refractivity contribution in [3.63, 3.8) is 0 Å². The number of methoxy groups -OCH3 is 1. The largest absolute Gasteiger partial charge is 0.488 e. The average molecular weight is 251 g/mol. The van der Waals surface area contributed by atoms with Crippen molar-refractivity contribution in [1.29, 1.82) is 0 Å². The molecule has 0 fully saturated rings. The van der Waals surface area contributed by atoms with Crippen LogP contribution < -0.4 is 10.5 Å². The third kappa shape index (κ3) is 4.75. The van der Waals surface area contributed by atoms with Crippen molar-refractivity contribution >= 4 is 5.97 Å². The van der Waals surface area contributed by atoms with Crippen LogP contribution in [0.1, 0.15) is 26.3 Å². The second-order valence-electron chi connectivity index (χ2n) is 5.19. The van der Waals surface area contributed by atoms with E-state index in [2.05, 4.69) is 4.74 Å².